The van der Waals surface area contributed by atoms with Gasteiger partial charge in [0.05, 0.1) is 16.9 Å². The SMILES string of the molecule is Cc1cc(N2CCC3(CC2)Nc2ccccc2NC3=O)nc2cc(F)ccc12. The average molecular weight is 376 g/mol. The summed E-state index contributed by atoms with van der Waals surface area (Å²) in [5, 5.41) is 7.47. The van der Waals surface area contributed by atoms with Gasteiger partial charge in [0, 0.05) is 24.5 Å². The van der Waals surface area contributed by atoms with E-state index in [2.05, 4.69) is 20.5 Å². The summed E-state index contributed by atoms with van der Waals surface area (Å²) in [7, 11) is 0. The standard InChI is InChI=1S/C22H21FN4O/c1-14-12-20(24-19-13-15(23)6-7-16(14)19)27-10-8-22(9-11-27)21(28)25-17-4-2-3-5-18(17)26-22/h2-7,12-13,26H,8-11H2,1H3,(H,25,28). The zero-order valence-electron chi connectivity index (χ0n) is 15.6. The summed E-state index contributed by atoms with van der Waals surface area (Å²) in [5.41, 5.74) is 2.93. The van der Waals surface area contributed by atoms with Gasteiger partial charge in [-0.15, -0.1) is 0 Å². The summed E-state index contributed by atoms with van der Waals surface area (Å²) in [6.45, 7) is 3.43. The molecular formula is C22H21FN4O. The molecule has 1 fully saturated rings. The zero-order chi connectivity index (χ0) is 19.3. The van der Waals surface area contributed by atoms with Gasteiger partial charge in [0.15, 0.2) is 0 Å². The number of aryl methyl sites for hydroxylation is 1. The number of hydrogen-bond donors (Lipinski definition) is 2. The number of rotatable bonds is 1. The molecule has 1 aromatic heterocycles. The second kappa shape index (κ2) is 6.19. The quantitative estimate of drug-likeness (QED) is 0.672. The molecule has 5 nitrogen and oxygen atoms in total. The van der Waals surface area contributed by atoms with Crippen LogP contribution in [0.2, 0.25) is 0 Å². The Morgan fingerprint density at radius 3 is 2.61 bits per heavy atom. The number of nitrogens with one attached hydrogen (secondary N) is 2. The van der Waals surface area contributed by atoms with Gasteiger partial charge in [-0.05, 0) is 55.7 Å². The van der Waals surface area contributed by atoms with Crippen LogP contribution in [0, 0.1) is 12.7 Å². The van der Waals surface area contributed by atoms with Crippen molar-refractivity contribution in [3.05, 3.63) is 59.9 Å². The minimum atomic E-state index is -0.594. The first-order chi connectivity index (χ1) is 13.5. The molecule has 2 aliphatic rings. The predicted octanol–water partition coefficient (Wildman–Crippen LogP) is 4.09. The van der Waals surface area contributed by atoms with Crippen molar-refractivity contribution in [3.63, 3.8) is 0 Å². The van der Waals surface area contributed by atoms with Crippen LogP contribution in [0.5, 0.6) is 0 Å². The van der Waals surface area contributed by atoms with Crippen LogP contribution in [0.4, 0.5) is 21.6 Å². The largest absolute Gasteiger partial charge is 0.369 e. The first-order valence-electron chi connectivity index (χ1n) is 9.55. The highest BCUT2D eigenvalue weighted by Crippen LogP contribution is 2.37. The summed E-state index contributed by atoms with van der Waals surface area (Å²) >= 11 is 0. The highest BCUT2D eigenvalue weighted by atomic mass is 19.1. The summed E-state index contributed by atoms with van der Waals surface area (Å²) in [6.07, 6.45) is 1.35. The van der Waals surface area contributed by atoms with Crippen molar-refractivity contribution in [2.75, 3.05) is 28.6 Å². The van der Waals surface area contributed by atoms with Crippen LogP contribution in [0.25, 0.3) is 10.9 Å². The first-order valence-corrected chi connectivity index (χ1v) is 9.55. The van der Waals surface area contributed by atoms with E-state index in [4.69, 9.17) is 0 Å². The predicted molar refractivity (Wildman–Crippen MR) is 109 cm³/mol. The van der Waals surface area contributed by atoms with Gasteiger partial charge >= 0.3 is 0 Å². The zero-order valence-corrected chi connectivity index (χ0v) is 15.6. The first kappa shape index (κ1) is 17.0. The number of nitrogens with zero attached hydrogens (tertiary/aromatic N) is 2. The van der Waals surface area contributed by atoms with Gasteiger partial charge in [-0.2, -0.15) is 0 Å². The van der Waals surface area contributed by atoms with E-state index in [1.54, 1.807) is 6.07 Å². The number of hydrogen-bond acceptors (Lipinski definition) is 4. The molecule has 2 N–H and O–H groups in total. The lowest BCUT2D eigenvalue weighted by Crippen LogP contribution is -2.58. The minimum absolute atomic E-state index is 0.0237. The lowest BCUT2D eigenvalue weighted by molar-refractivity contribution is -0.121. The molecule has 0 unspecified atom stereocenters. The van der Waals surface area contributed by atoms with Gasteiger partial charge in [0.2, 0.25) is 5.91 Å². The number of anilines is 3. The number of para-hydroxylation sites is 2. The van der Waals surface area contributed by atoms with Crippen molar-refractivity contribution in [1.29, 1.82) is 0 Å². The molecule has 142 valence electrons. The topological polar surface area (TPSA) is 57.3 Å². The maximum atomic E-state index is 13.6. The lowest BCUT2D eigenvalue weighted by Gasteiger charge is -2.44. The highest BCUT2D eigenvalue weighted by Gasteiger charge is 2.44. The lowest BCUT2D eigenvalue weighted by atomic mass is 9.84. The molecule has 28 heavy (non-hydrogen) atoms. The molecule has 0 aliphatic carbocycles. The molecule has 1 saturated heterocycles. The Balaban J connectivity index is 1.40. The Labute approximate surface area is 162 Å². The number of halogens is 1. The molecule has 1 spiro atoms. The third-order valence-corrected chi connectivity index (χ3v) is 5.89. The monoisotopic (exact) mass is 376 g/mol. The molecule has 2 aliphatic heterocycles. The Hall–Kier alpha value is -3.15. The summed E-state index contributed by atoms with van der Waals surface area (Å²) < 4.78 is 13.6. The molecule has 6 heteroatoms. The molecule has 0 saturated carbocycles. The molecular weight excluding hydrogens is 355 g/mol. The van der Waals surface area contributed by atoms with E-state index in [0.717, 1.165) is 28.1 Å². The second-order valence-electron chi connectivity index (χ2n) is 7.65. The fourth-order valence-electron chi connectivity index (χ4n) is 4.25. The Bertz CT molecular complexity index is 1090. The Morgan fingerprint density at radius 2 is 1.82 bits per heavy atom. The van der Waals surface area contributed by atoms with E-state index in [0.29, 0.717) is 31.4 Å². The van der Waals surface area contributed by atoms with Crippen molar-refractivity contribution < 1.29 is 9.18 Å². The van der Waals surface area contributed by atoms with Crippen molar-refractivity contribution >= 4 is 34.0 Å². The van der Waals surface area contributed by atoms with Gasteiger partial charge in [0.25, 0.3) is 0 Å². The smallest absolute Gasteiger partial charge is 0.250 e. The van der Waals surface area contributed by atoms with Gasteiger partial charge in [-0.25, -0.2) is 9.37 Å². The summed E-state index contributed by atoms with van der Waals surface area (Å²) in [4.78, 5) is 19.6. The highest BCUT2D eigenvalue weighted by molar-refractivity contribution is 6.06. The van der Waals surface area contributed by atoms with Crippen LogP contribution in [-0.4, -0.2) is 29.5 Å². The van der Waals surface area contributed by atoms with Gasteiger partial charge < -0.3 is 15.5 Å². The number of benzene rings is 2. The maximum Gasteiger partial charge on any atom is 0.250 e. The van der Waals surface area contributed by atoms with Crippen LogP contribution in [0.3, 0.4) is 0 Å². The Kier molecular flexibility index (Phi) is 3.75. The van der Waals surface area contributed by atoms with Crippen LogP contribution >= 0.6 is 0 Å². The van der Waals surface area contributed by atoms with E-state index in [1.807, 2.05) is 37.3 Å². The van der Waals surface area contributed by atoms with E-state index < -0.39 is 5.54 Å². The molecule has 1 amide bonds. The average Bonchev–Trinajstić information content (AvgIpc) is 2.69. The third-order valence-electron chi connectivity index (χ3n) is 5.89. The van der Waals surface area contributed by atoms with E-state index in [-0.39, 0.29) is 11.7 Å². The van der Waals surface area contributed by atoms with Crippen molar-refractivity contribution in [2.24, 2.45) is 0 Å². The molecule has 3 heterocycles. The fraction of sp³-hybridized carbons (Fsp3) is 0.273. The second-order valence-corrected chi connectivity index (χ2v) is 7.65. The molecule has 0 bridgehead atoms. The van der Waals surface area contributed by atoms with Crippen LogP contribution in [0.1, 0.15) is 18.4 Å². The number of carbonyl (C=O) groups excluding carboxylic acids is 1. The van der Waals surface area contributed by atoms with E-state index in [1.165, 1.54) is 12.1 Å². The van der Waals surface area contributed by atoms with Crippen molar-refractivity contribution in [1.82, 2.24) is 4.98 Å². The van der Waals surface area contributed by atoms with Gasteiger partial charge in [-0.1, -0.05) is 12.1 Å². The molecule has 5 rings (SSSR count). The van der Waals surface area contributed by atoms with E-state index in [9.17, 15) is 9.18 Å². The third kappa shape index (κ3) is 2.68. The van der Waals surface area contributed by atoms with Gasteiger partial charge in [-0.3, -0.25) is 4.79 Å². The van der Waals surface area contributed by atoms with Crippen LogP contribution < -0.4 is 15.5 Å². The maximum absolute atomic E-state index is 13.6. The minimum Gasteiger partial charge on any atom is -0.369 e. The molecule has 0 atom stereocenters. The number of aromatic nitrogens is 1. The Morgan fingerprint density at radius 1 is 1.07 bits per heavy atom. The summed E-state index contributed by atoms with van der Waals surface area (Å²) in [5.74, 6) is 0.577. The van der Waals surface area contributed by atoms with Crippen molar-refractivity contribution in [2.45, 2.75) is 25.3 Å². The summed E-state index contributed by atoms with van der Waals surface area (Å²) in [6, 6.07) is 14.5. The fourth-order valence-corrected chi connectivity index (χ4v) is 4.25. The number of fused-ring (bicyclic) bond motifs is 2. The van der Waals surface area contributed by atoms with Crippen molar-refractivity contribution in [3.8, 4) is 0 Å². The number of piperidine rings is 1. The molecule has 3 aromatic rings. The van der Waals surface area contributed by atoms with Crippen LogP contribution in [0.15, 0.2) is 48.5 Å². The number of pyridine rings is 1. The molecule has 0 radical (unpaired) electrons. The molecule has 2 aromatic carbocycles. The normalized spacial score (nSPS) is 17.9. The van der Waals surface area contributed by atoms with Crippen LogP contribution in [-0.2, 0) is 4.79 Å². The number of carbonyl (C=O) groups is 1. The van der Waals surface area contributed by atoms with Gasteiger partial charge in [0.1, 0.15) is 17.2 Å². The van der Waals surface area contributed by atoms with E-state index >= 15 is 0 Å². The number of amides is 1.